The minimum atomic E-state index is -0.302. The van der Waals surface area contributed by atoms with Crippen molar-refractivity contribution in [2.75, 3.05) is 20.6 Å². The van der Waals surface area contributed by atoms with Crippen molar-refractivity contribution in [3.63, 3.8) is 0 Å². The Bertz CT molecular complexity index is 446. The Kier molecular flexibility index (Phi) is 4.71. The Hall–Kier alpha value is -2.04. The molecule has 98 valence electrons. The molecular formula is C13H18N2O3. The fourth-order valence-electron chi connectivity index (χ4n) is 1.68. The zero-order valence-corrected chi connectivity index (χ0v) is 10.8. The molecule has 0 heterocycles. The second kappa shape index (κ2) is 6.05. The number of phenols is 1. The van der Waals surface area contributed by atoms with Crippen LogP contribution in [0.2, 0.25) is 0 Å². The van der Waals surface area contributed by atoms with Gasteiger partial charge < -0.3 is 15.3 Å². The van der Waals surface area contributed by atoms with Crippen LogP contribution in [0.15, 0.2) is 24.3 Å². The van der Waals surface area contributed by atoms with Gasteiger partial charge in [0, 0.05) is 20.6 Å². The molecule has 0 aliphatic rings. The van der Waals surface area contributed by atoms with Crippen LogP contribution in [0.25, 0.3) is 0 Å². The molecular weight excluding hydrogens is 232 g/mol. The first-order valence-corrected chi connectivity index (χ1v) is 5.72. The molecule has 5 heteroatoms. The Morgan fingerprint density at radius 2 is 2.00 bits per heavy atom. The van der Waals surface area contributed by atoms with Gasteiger partial charge in [-0.25, -0.2) is 0 Å². The average molecular weight is 250 g/mol. The van der Waals surface area contributed by atoms with Crippen molar-refractivity contribution < 1.29 is 14.7 Å². The van der Waals surface area contributed by atoms with Gasteiger partial charge in [0.05, 0.1) is 11.5 Å². The van der Waals surface area contributed by atoms with E-state index in [0.717, 1.165) is 0 Å². The summed E-state index contributed by atoms with van der Waals surface area (Å²) in [6, 6.07) is 6.35. The normalized spacial score (nSPS) is 11.7. The van der Waals surface area contributed by atoms with Gasteiger partial charge in [0.2, 0.25) is 5.91 Å². The molecule has 2 amide bonds. The molecule has 1 aromatic carbocycles. The summed E-state index contributed by atoms with van der Waals surface area (Å²) in [5.41, 5.74) is 0.240. The maximum absolute atomic E-state index is 12.0. The fraction of sp³-hybridized carbons (Fsp3) is 0.385. The molecule has 0 aliphatic heterocycles. The third-order valence-corrected chi connectivity index (χ3v) is 2.72. The molecule has 0 aliphatic carbocycles. The van der Waals surface area contributed by atoms with Crippen LogP contribution in [-0.4, -0.2) is 42.5 Å². The second-order valence-electron chi connectivity index (χ2n) is 4.22. The third kappa shape index (κ3) is 3.23. The van der Waals surface area contributed by atoms with Crippen molar-refractivity contribution in [3.8, 4) is 5.75 Å². The largest absolute Gasteiger partial charge is 0.507 e. The molecule has 0 bridgehead atoms. The Morgan fingerprint density at radius 1 is 1.39 bits per heavy atom. The lowest BCUT2D eigenvalue weighted by atomic mass is 10.1. The standard InChI is InChI=1S/C13H18N2O3/c1-9(12(17)14-2)8-15(3)13(18)10-6-4-5-7-11(10)16/h4-7,9,16H,8H2,1-3H3,(H,14,17). The molecule has 1 rings (SSSR count). The number of amides is 2. The number of nitrogens with zero attached hydrogens (tertiary/aromatic N) is 1. The van der Waals surface area contributed by atoms with Crippen LogP contribution >= 0.6 is 0 Å². The van der Waals surface area contributed by atoms with Gasteiger partial charge in [-0.15, -0.1) is 0 Å². The van der Waals surface area contributed by atoms with E-state index in [-0.39, 0.29) is 29.0 Å². The fourth-order valence-corrected chi connectivity index (χ4v) is 1.68. The molecule has 0 radical (unpaired) electrons. The summed E-state index contributed by atoms with van der Waals surface area (Å²) in [5, 5.41) is 12.1. The summed E-state index contributed by atoms with van der Waals surface area (Å²) < 4.78 is 0. The van der Waals surface area contributed by atoms with E-state index in [4.69, 9.17) is 0 Å². The van der Waals surface area contributed by atoms with Crippen molar-refractivity contribution in [3.05, 3.63) is 29.8 Å². The molecule has 0 saturated heterocycles. The number of para-hydroxylation sites is 1. The maximum Gasteiger partial charge on any atom is 0.257 e. The summed E-state index contributed by atoms with van der Waals surface area (Å²) in [5.74, 6) is -0.771. The van der Waals surface area contributed by atoms with Gasteiger partial charge in [-0.05, 0) is 12.1 Å². The number of hydrogen-bond donors (Lipinski definition) is 2. The van der Waals surface area contributed by atoms with Crippen LogP contribution in [0.4, 0.5) is 0 Å². The first-order chi connectivity index (χ1) is 8.47. The first kappa shape index (κ1) is 14.0. The molecule has 2 N–H and O–H groups in total. The molecule has 1 atom stereocenters. The molecule has 1 aromatic rings. The van der Waals surface area contributed by atoms with Gasteiger partial charge in [-0.1, -0.05) is 19.1 Å². The summed E-state index contributed by atoms with van der Waals surface area (Å²) in [6.45, 7) is 2.04. The highest BCUT2D eigenvalue weighted by atomic mass is 16.3. The zero-order chi connectivity index (χ0) is 13.7. The van der Waals surface area contributed by atoms with Crippen molar-refractivity contribution in [2.24, 2.45) is 5.92 Å². The number of hydrogen-bond acceptors (Lipinski definition) is 3. The van der Waals surface area contributed by atoms with Crippen LogP contribution in [0, 0.1) is 5.92 Å². The van der Waals surface area contributed by atoms with Gasteiger partial charge >= 0.3 is 0 Å². The third-order valence-electron chi connectivity index (χ3n) is 2.72. The van der Waals surface area contributed by atoms with E-state index in [1.807, 2.05) is 0 Å². The molecule has 0 spiro atoms. The SMILES string of the molecule is CNC(=O)C(C)CN(C)C(=O)c1ccccc1O. The van der Waals surface area contributed by atoms with Gasteiger partial charge in [0.25, 0.3) is 5.91 Å². The number of nitrogens with one attached hydrogen (secondary N) is 1. The molecule has 18 heavy (non-hydrogen) atoms. The monoisotopic (exact) mass is 250 g/mol. The molecule has 0 saturated carbocycles. The molecule has 0 fully saturated rings. The van der Waals surface area contributed by atoms with Gasteiger partial charge in [0.15, 0.2) is 0 Å². The lowest BCUT2D eigenvalue weighted by molar-refractivity contribution is -0.124. The van der Waals surface area contributed by atoms with Crippen molar-refractivity contribution >= 4 is 11.8 Å². The average Bonchev–Trinajstić information content (AvgIpc) is 2.37. The van der Waals surface area contributed by atoms with E-state index in [9.17, 15) is 14.7 Å². The summed E-state index contributed by atoms with van der Waals surface area (Å²) in [7, 11) is 3.16. The Balaban J connectivity index is 2.74. The molecule has 0 aromatic heterocycles. The van der Waals surface area contributed by atoms with E-state index in [1.54, 1.807) is 39.2 Å². The number of benzene rings is 1. The van der Waals surface area contributed by atoms with E-state index in [0.29, 0.717) is 6.54 Å². The highest BCUT2D eigenvalue weighted by Crippen LogP contribution is 2.17. The number of carbonyl (C=O) groups excluding carboxylic acids is 2. The topological polar surface area (TPSA) is 69.6 Å². The van der Waals surface area contributed by atoms with E-state index in [1.165, 1.54) is 11.0 Å². The van der Waals surface area contributed by atoms with Crippen LogP contribution in [-0.2, 0) is 4.79 Å². The lowest BCUT2D eigenvalue weighted by Crippen LogP contribution is -2.37. The maximum atomic E-state index is 12.0. The van der Waals surface area contributed by atoms with E-state index in [2.05, 4.69) is 5.32 Å². The Morgan fingerprint density at radius 3 is 2.56 bits per heavy atom. The van der Waals surface area contributed by atoms with Crippen LogP contribution in [0.1, 0.15) is 17.3 Å². The minimum Gasteiger partial charge on any atom is -0.507 e. The van der Waals surface area contributed by atoms with Gasteiger partial charge in [-0.2, -0.15) is 0 Å². The van der Waals surface area contributed by atoms with Gasteiger partial charge in [-0.3, -0.25) is 9.59 Å². The summed E-state index contributed by atoms with van der Waals surface area (Å²) >= 11 is 0. The highest BCUT2D eigenvalue weighted by Gasteiger charge is 2.19. The number of carbonyl (C=O) groups is 2. The Labute approximate surface area is 106 Å². The van der Waals surface area contributed by atoms with E-state index < -0.39 is 0 Å². The lowest BCUT2D eigenvalue weighted by Gasteiger charge is -2.21. The molecule has 5 nitrogen and oxygen atoms in total. The second-order valence-corrected chi connectivity index (χ2v) is 4.22. The van der Waals surface area contributed by atoms with E-state index >= 15 is 0 Å². The predicted molar refractivity (Wildman–Crippen MR) is 68.3 cm³/mol. The van der Waals surface area contributed by atoms with Crippen molar-refractivity contribution in [1.82, 2.24) is 10.2 Å². The number of aromatic hydroxyl groups is 1. The predicted octanol–water partition coefficient (Wildman–Crippen LogP) is 0.846. The van der Waals surface area contributed by atoms with Gasteiger partial charge in [0.1, 0.15) is 5.75 Å². The number of rotatable bonds is 4. The van der Waals surface area contributed by atoms with Crippen LogP contribution in [0.3, 0.4) is 0 Å². The highest BCUT2D eigenvalue weighted by molar-refractivity contribution is 5.96. The van der Waals surface area contributed by atoms with Crippen molar-refractivity contribution in [2.45, 2.75) is 6.92 Å². The summed E-state index contributed by atoms with van der Waals surface area (Å²) in [6.07, 6.45) is 0. The minimum absolute atomic E-state index is 0.0538. The first-order valence-electron chi connectivity index (χ1n) is 5.72. The smallest absolute Gasteiger partial charge is 0.257 e. The zero-order valence-electron chi connectivity index (χ0n) is 10.8. The molecule has 1 unspecified atom stereocenters. The number of phenolic OH excluding ortho intramolecular Hbond substituents is 1. The van der Waals surface area contributed by atoms with Crippen molar-refractivity contribution in [1.29, 1.82) is 0 Å². The van der Waals surface area contributed by atoms with Crippen LogP contribution < -0.4 is 5.32 Å². The van der Waals surface area contributed by atoms with Crippen LogP contribution in [0.5, 0.6) is 5.75 Å². The quantitative estimate of drug-likeness (QED) is 0.832. The summed E-state index contributed by atoms with van der Waals surface area (Å²) in [4.78, 5) is 24.8.